The Bertz CT molecular complexity index is 846. The van der Waals surface area contributed by atoms with Crippen molar-refractivity contribution in [2.45, 2.75) is 11.4 Å². The van der Waals surface area contributed by atoms with Crippen LogP contribution in [0.15, 0.2) is 45.9 Å². The number of furan rings is 1. The van der Waals surface area contributed by atoms with Gasteiger partial charge in [0.05, 0.1) is 34.8 Å². The van der Waals surface area contributed by atoms with Crippen molar-refractivity contribution < 1.29 is 12.8 Å². The Kier molecular flexibility index (Phi) is 4.89. The second-order valence-corrected chi connectivity index (χ2v) is 6.66. The molecule has 0 saturated carbocycles. The maximum atomic E-state index is 12.6. The Labute approximate surface area is 133 Å². The van der Waals surface area contributed by atoms with Crippen molar-refractivity contribution in [1.82, 2.24) is 4.31 Å². The second-order valence-electron chi connectivity index (χ2n) is 4.31. The minimum absolute atomic E-state index is 0.0111. The van der Waals surface area contributed by atoms with Gasteiger partial charge in [0.15, 0.2) is 0 Å². The number of sulfonamides is 1. The van der Waals surface area contributed by atoms with Gasteiger partial charge in [0.1, 0.15) is 11.8 Å². The number of nitrogens with zero attached hydrogens (tertiary/aromatic N) is 2. The molecule has 0 amide bonds. The largest absolute Gasteiger partial charge is 0.468 e. The highest BCUT2D eigenvalue weighted by molar-refractivity contribution is 7.89. The SMILES string of the molecule is C#CCN(Cc1ccco1)S(=O)(=O)c1ccc(C#N)c(Cl)c1. The van der Waals surface area contributed by atoms with Crippen LogP contribution in [0.3, 0.4) is 0 Å². The summed E-state index contributed by atoms with van der Waals surface area (Å²) in [6.07, 6.45) is 6.71. The molecular weight excluding hydrogens is 324 g/mol. The number of terminal acetylenes is 1. The number of hydrogen-bond acceptors (Lipinski definition) is 4. The highest BCUT2D eigenvalue weighted by atomic mass is 35.5. The lowest BCUT2D eigenvalue weighted by Gasteiger charge is -2.19. The molecule has 0 radical (unpaired) electrons. The Morgan fingerprint density at radius 3 is 2.68 bits per heavy atom. The van der Waals surface area contributed by atoms with Crippen LogP contribution < -0.4 is 0 Å². The van der Waals surface area contributed by atoms with E-state index >= 15 is 0 Å². The number of benzene rings is 1. The van der Waals surface area contributed by atoms with Gasteiger partial charge in [-0.2, -0.15) is 9.57 Å². The van der Waals surface area contributed by atoms with Gasteiger partial charge in [-0.15, -0.1) is 6.42 Å². The van der Waals surface area contributed by atoms with Crippen LogP contribution in [0.4, 0.5) is 0 Å². The molecule has 0 atom stereocenters. The number of rotatable bonds is 5. The number of nitriles is 1. The molecule has 0 spiro atoms. The van der Waals surface area contributed by atoms with E-state index in [4.69, 9.17) is 27.7 Å². The summed E-state index contributed by atoms with van der Waals surface area (Å²) in [5, 5.41) is 8.91. The van der Waals surface area contributed by atoms with Gasteiger partial charge in [0, 0.05) is 0 Å². The van der Waals surface area contributed by atoms with Gasteiger partial charge >= 0.3 is 0 Å². The van der Waals surface area contributed by atoms with Crippen LogP contribution in [-0.2, 0) is 16.6 Å². The zero-order valence-corrected chi connectivity index (χ0v) is 12.9. The molecule has 5 nitrogen and oxygen atoms in total. The van der Waals surface area contributed by atoms with E-state index in [1.54, 1.807) is 12.1 Å². The first kappa shape index (κ1) is 16.1. The highest BCUT2D eigenvalue weighted by Gasteiger charge is 2.25. The first-order valence-electron chi connectivity index (χ1n) is 6.14. The normalized spacial score (nSPS) is 11.1. The Hall–Kier alpha value is -2.25. The standard InChI is InChI=1S/C15H11ClN2O3S/c1-2-7-18(11-13-4-3-8-21-13)22(19,20)14-6-5-12(10-17)15(16)9-14/h1,3-6,8-9H,7,11H2. The molecule has 0 fully saturated rings. The summed E-state index contributed by atoms with van der Waals surface area (Å²) in [6, 6.07) is 9.12. The van der Waals surface area contributed by atoms with E-state index in [1.165, 1.54) is 24.5 Å². The summed E-state index contributed by atoms with van der Waals surface area (Å²) in [5.74, 6) is 2.78. The molecule has 0 aliphatic carbocycles. The Morgan fingerprint density at radius 1 is 1.36 bits per heavy atom. The van der Waals surface area contributed by atoms with Gasteiger partial charge in [0.25, 0.3) is 0 Å². The molecule has 2 aromatic rings. The zero-order valence-electron chi connectivity index (χ0n) is 11.4. The molecule has 112 valence electrons. The maximum absolute atomic E-state index is 12.6. The number of hydrogen-bond donors (Lipinski definition) is 0. The quantitative estimate of drug-likeness (QED) is 0.788. The molecule has 0 aliphatic rings. The van der Waals surface area contributed by atoms with E-state index in [2.05, 4.69) is 5.92 Å². The third-order valence-corrected chi connectivity index (χ3v) is 4.98. The molecule has 1 aromatic heterocycles. The smallest absolute Gasteiger partial charge is 0.244 e. The van der Waals surface area contributed by atoms with Gasteiger partial charge in [0.2, 0.25) is 10.0 Å². The fourth-order valence-corrected chi connectivity index (χ4v) is 3.43. The average Bonchev–Trinajstić information content (AvgIpc) is 2.99. The molecule has 2 rings (SSSR count). The van der Waals surface area contributed by atoms with Crippen LogP contribution in [0.25, 0.3) is 0 Å². The van der Waals surface area contributed by atoms with Gasteiger partial charge in [-0.1, -0.05) is 17.5 Å². The van der Waals surface area contributed by atoms with Crippen LogP contribution in [0.2, 0.25) is 5.02 Å². The molecule has 1 heterocycles. The third kappa shape index (κ3) is 3.32. The minimum Gasteiger partial charge on any atom is -0.468 e. The van der Waals surface area contributed by atoms with Crippen LogP contribution in [0.5, 0.6) is 0 Å². The van der Waals surface area contributed by atoms with Crippen molar-refractivity contribution in [2.75, 3.05) is 6.54 Å². The molecule has 1 aromatic carbocycles. The molecular formula is C15H11ClN2O3S. The molecule has 7 heteroatoms. The van der Waals surface area contributed by atoms with Gasteiger partial charge in [-0.05, 0) is 30.3 Å². The summed E-state index contributed by atoms with van der Waals surface area (Å²) in [6.45, 7) is -0.0994. The summed E-state index contributed by atoms with van der Waals surface area (Å²) >= 11 is 5.90. The van der Waals surface area contributed by atoms with Crippen LogP contribution >= 0.6 is 11.6 Å². The first-order chi connectivity index (χ1) is 10.5. The molecule has 0 N–H and O–H groups in total. The average molecular weight is 335 g/mol. The van der Waals surface area contributed by atoms with E-state index in [0.717, 1.165) is 4.31 Å². The summed E-state index contributed by atoms with van der Waals surface area (Å²) in [5.41, 5.74) is 0.204. The van der Waals surface area contributed by atoms with Crippen LogP contribution in [0.1, 0.15) is 11.3 Å². The minimum atomic E-state index is -3.85. The Balaban J connectivity index is 2.39. The summed E-state index contributed by atoms with van der Waals surface area (Å²) < 4.78 is 31.6. The summed E-state index contributed by atoms with van der Waals surface area (Å²) in [4.78, 5) is -0.0293. The number of halogens is 1. The second kappa shape index (κ2) is 6.67. The molecule has 0 unspecified atom stereocenters. The van der Waals surface area contributed by atoms with Crippen molar-refractivity contribution in [3.63, 3.8) is 0 Å². The lowest BCUT2D eigenvalue weighted by molar-refractivity contribution is 0.389. The van der Waals surface area contributed by atoms with Crippen LogP contribution in [-0.4, -0.2) is 19.3 Å². The maximum Gasteiger partial charge on any atom is 0.244 e. The molecule has 0 aliphatic heterocycles. The van der Waals surface area contributed by atoms with Gasteiger partial charge in [-0.25, -0.2) is 8.42 Å². The van der Waals surface area contributed by atoms with Crippen molar-refractivity contribution in [2.24, 2.45) is 0 Å². The zero-order chi connectivity index (χ0) is 16.2. The van der Waals surface area contributed by atoms with E-state index in [1.807, 2.05) is 6.07 Å². The topological polar surface area (TPSA) is 74.3 Å². The Morgan fingerprint density at radius 2 is 2.14 bits per heavy atom. The van der Waals surface area contributed by atoms with Crippen molar-refractivity contribution >= 4 is 21.6 Å². The van der Waals surface area contributed by atoms with E-state index < -0.39 is 10.0 Å². The molecule has 0 bridgehead atoms. The van der Waals surface area contributed by atoms with Gasteiger partial charge in [-0.3, -0.25) is 0 Å². The fourth-order valence-electron chi connectivity index (χ4n) is 1.80. The lowest BCUT2D eigenvalue weighted by Crippen LogP contribution is -2.31. The van der Waals surface area contributed by atoms with Crippen molar-refractivity contribution in [3.05, 3.63) is 52.9 Å². The van der Waals surface area contributed by atoms with E-state index in [0.29, 0.717) is 5.76 Å². The van der Waals surface area contributed by atoms with E-state index in [9.17, 15) is 8.42 Å². The molecule has 22 heavy (non-hydrogen) atoms. The van der Waals surface area contributed by atoms with Crippen LogP contribution in [0, 0.1) is 23.7 Å². The highest BCUT2D eigenvalue weighted by Crippen LogP contribution is 2.24. The first-order valence-corrected chi connectivity index (χ1v) is 7.96. The van der Waals surface area contributed by atoms with E-state index in [-0.39, 0.29) is 28.6 Å². The predicted molar refractivity (Wildman–Crippen MR) is 81.3 cm³/mol. The predicted octanol–water partition coefficient (Wildman–Crippen LogP) is 2.63. The third-order valence-electron chi connectivity index (χ3n) is 2.88. The summed E-state index contributed by atoms with van der Waals surface area (Å²) in [7, 11) is -3.85. The monoisotopic (exact) mass is 334 g/mol. The lowest BCUT2D eigenvalue weighted by atomic mass is 10.2. The fraction of sp³-hybridized carbons (Fsp3) is 0.133. The molecule has 0 saturated heterocycles. The van der Waals surface area contributed by atoms with Crippen molar-refractivity contribution in [1.29, 1.82) is 5.26 Å². The van der Waals surface area contributed by atoms with Gasteiger partial charge < -0.3 is 4.42 Å². The van der Waals surface area contributed by atoms with Crippen molar-refractivity contribution in [3.8, 4) is 18.4 Å².